The van der Waals surface area contributed by atoms with Gasteiger partial charge in [0.2, 0.25) is 0 Å². The van der Waals surface area contributed by atoms with Crippen LogP contribution in [0.4, 0.5) is 0 Å². The molecule has 2 N–H and O–H groups in total. The van der Waals surface area contributed by atoms with Crippen LogP contribution in [0.2, 0.25) is 10.3 Å². The summed E-state index contributed by atoms with van der Waals surface area (Å²) in [4.78, 5) is 23.4. The first kappa shape index (κ1) is 15.2. The predicted molar refractivity (Wildman–Crippen MR) is 73.1 cm³/mol. The zero-order valence-corrected chi connectivity index (χ0v) is 12.1. The Bertz CT molecular complexity index is 703. The van der Waals surface area contributed by atoms with Crippen molar-refractivity contribution in [1.29, 1.82) is 0 Å². The lowest BCUT2D eigenvalue weighted by Crippen LogP contribution is -2.33. The first-order valence-electron chi connectivity index (χ1n) is 5.59. The molecule has 0 saturated carbocycles. The van der Waals surface area contributed by atoms with Crippen LogP contribution >= 0.6 is 23.2 Å². The Morgan fingerprint density at radius 3 is 2.67 bits per heavy atom. The van der Waals surface area contributed by atoms with Gasteiger partial charge >= 0.3 is 5.97 Å². The number of aryl methyl sites for hydroxylation is 1. The molecule has 1 amide bonds. The highest BCUT2D eigenvalue weighted by atomic mass is 35.5. The van der Waals surface area contributed by atoms with Gasteiger partial charge in [0.05, 0.1) is 11.8 Å². The van der Waals surface area contributed by atoms with Gasteiger partial charge in [-0.3, -0.25) is 9.48 Å². The highest BCUT2D eigenvalue weighted by Gasteiger charge is 2.25. The molecule has 0 fully saturated rings. The van der Waals surface area contributed by atoms with E-state index in [1.807, 2.05) is 0 Å². The first-order chi connectivity index (χ1) is 9.88. The van der Waals surface area contributed by atoms with Crippen molar-refractivity contribution in [3.63, 3.8) is 0 Å². The average molecular weight is 330 g/mol. The Hall–Kier alpha value is -2.19. The number of nitrogens with zero attached hydrogens (tertiary/aromatic N) is 4. The van der Waals surface area contributed by atoms with Crippen molar-refractivity contribution in [2.75, 3.05) is 0 Å². The third-order valence-corrected chi connectivity index (χ3v) is 3.01. The highest BCUT2D eigenvalue weighted by Crippen LogP contribution is 2.18. The van der Waals surface area contributed by atoms with E-state index in [9.17, 15) is 14.7 Å². The molecule has 0 spiro atoms. The molecule has 2 rings (SSSR count). The summed E-state index contributed by atoms with van der Waals surface area (Å²) in [7, 11) is 1.63. The molecule has 0 aliphatic rings. The van der Waals surface area contributed by atoms with Gasteiger partial charge in [-0.2, -0.15) is 5.10 Å². The summed E-state index contributed by atoms with van der Waals surface area (Å²) in [6.45, 7) is 0. The minimum absolute atomic E-state index is 0.0298. The smallest absolute Gasteiger partial charge is 0.331 e. The summed E-state index contributed by atoms with van der Waals surface area (Å²) in [5.41, 5.74) is 0.259. The minimum Gasteiger partial charge on any atom is -0.479 e. The molecular weight excluding hydrogens is 321 g/mol. The molecule has 0 aromatic carbocycles. The maximum absolute atomic E-state index is 12.1. The van der Waals surface area contributed by atoms with Gasteiger partial charge in [0, 0.05) is 18.8 Å². The number of aromatic nitrogens is 4. The molecule has 21 heavy (non-hydrogen) atoms. The maximum Gasteiger partial charge on any atom is 0.331 e. The molecular formula is C11H9Cl2N5O3. The number of amides is 1. The Morgan fingerprint density at radius 1 is 1.38 bits per heavy atom. The predicted octanol–water partition coefficient (Wildman–Crippen LogP) is 1.07. The van der Waals surface area contributed by atoms with Crippen LogP contribution in [-0.2, 0) is 11.8 Å². The van der Waals surface area contributed by atoms with Gasteiger partial charge < -0.3 is 10.4 Å². The van der Waals surface area contributed by atoms with Crippen LogP contribution in [0.3, 0.4) is 0 Å². The largest absolute Gasteiger partial charge is 0.479 e. The molecule has 2 aromatic rings. The van der Waals surface area contributed by atoms with Gasteiger partial charge in [0.15, 0.2) is 16.3 Å². The number of carboxylic acids is 1. The van der Waals surface area contributed by atoms with E-state index in [0.29, 0.717) is 5.56 Å². The molecule has 2 aromatic heterocycles. The van der Waals surface area contributed by atoms with E-state index < -0.39 is 17.9 Å². The van der Waals surface area contributed by atoms with Crippen LogP contribution < -0.4 is 5.32 Å². The number of carbonyl (C=O) groups excluding carboxylic acids is 1. The second kappa shape index (κ2) is 6.06. The molecule has 10 heteroatoms. The van der Waals surface area contributed by atoms with Crippen LogP contribution in [0.25, 0.3) is 0 Å². The summed E-state index contributed by atoms with van der Waals surface area (Å²) >= 11 is 11.4. The Labute approximate surface area is 128 Å². The Balaban J connectivity index is 2.27. The molecule has 2 heterocycles. The van der Waals surface area contributed by atoms with Crippen LogP contribution in [0, 0.1) is 0 Å². The second-order valence-corrected chi connectivity index (χ2v) is 4.81. The van der Waals surface area contributed by atoms with E-state index in [0.717, 1.165) is 0 Å². The second-order valence-electron chi connectivity index (χ2n) is 4.06. The molecule has 1 atom stereocenters. The van der Waals surface area contributed by atoms with E-state index in [2.05, 4.69) is 20.6 Å². The molecule has 0 bridgehead atoms. The third kappa shape index (κ3) is 3.47. The summed E-state index contributed by atoms with van der Waals surface area (Å²) in [5, 5.41) is 22.2. The van der Waals surface area contributed by atoms with Gasteiger partial charge in [-0.15, -0.1) is 10.2 Å². The molecule has 110 valence electrons. The summed E-state index contributed by atoms with van der Waals surface area (Å²) in [5.74, 6) is -1.96. The fraction of sp³-hybridized carbons (Fsp3) is 0.182. The van der Waals surface area contributed by atoms with Crippen LogP contribution in [-0.4, -0.2) is 37.0 Å². The van der Waals surface area contributed by atoms with Crippen molar-refractivity contribution in [3.05, 3.63) is 39.9 Å². The van der Waals surface area contributed by atoms with E-state index in [4.69, 9.17) is 23.2 Å². The van der Waals surface area contributed by atoms with Gasteiger partial charge in [-0.05, 0) is 6.07 Å². The molecule has 0 aliphatic heterocycles. The summed E-state index contributed by atoms with van der Waals surface area (Å²) in [6, 6.07) is -0.0665. The fourth-order valence-corrected chi connectivity index (χ4v) is 1.92. The number of rotatable bonds is 4. The number of aliphatic carboxylic acids is 1. The number of halogens is 2. The van der Waals surface area contributed by atoms with Crippen molar-refractivity contribution in [2.45, 2.75) is 6.04 Å². The van der Waals surface area contributed by atoms with Gasteiger partial charge in [0.1, 0.15) is 0 Å². The topological polar surface area (TPSA) is 110 Å². The van der Waals surface area contributed by atoms with E-state index in [1.54, 1.807) is 7.05 Å². The van der Waals surface area contributed by atoms with E-state index in [1.165, 1.54) is 23.1 Å². The number of nitrogens with one attached hydrogen (secondary N) is 1. The zero-order valence-electron chi connectivity index (χ0n) is 10.6. The number of carbonyl (C=O) groups is 2. The normalized spacial score (nSPS) is 12.0. The van der Waals surface area contributed by atoms with Crippen molar-refractivity contribution in [3.8, 4) is 0 Å². The lowest BCUT2D eigenvalue weighted by atomic mass is 10.1. The van der Waals surface area contributed by atoms with Crippen molar-refractivity contribution in [2.24, 2.45) is 7.05 Å². The Morgan fingerprint density at radius 2 is 2.10 bits per heavy atom. The van der Waals surface area contributed by atoms with Crippen molar-refractivity contribution >= 4 is 35.1 Å². The zero-order chi connectivity index (χ0) is 15.6. The fourth-order valence-electron chi connectivity index (χ4n) is 1.60. The highest BCUT2D eigenvalue weighted by molar-refractivity contribution is 6.34. The lowest BCUT2D eigenvalue weighted by molar-refractivity contribution is -0.139. The van der Waals surface area contributed by atoms with Crippen molar-refractivity contribution < 1.29 is 14.7 Å². The van der Waals surface area contributed by atoms with Crippen molar-refractivity contribution in [1.82, 2.24) is 25.3 Å². The Kier molecular flexibility index (Phi) is 4.39. The molecule has 8 nitrogen and oxygen atoms in total. The average Bonchev–Trinajstić information content (AvgIpc) is 2.84. The molecule has 0 aliphatic carbocycles. The standard InChI is InChI=1S/C11H9Cl2N5O3/c1-18-4-5(3-14-18)8(11(20)21)15-10(19)6-2-7(12)16-17-9(6)13/h2-4,8H,1H3,(H,15,19)(H,20,21). The molecule has 1 unspecified atom stereocenters. The monoisotopic (exact) mass is 329 g/mol. The number of hydrogen-bond donors (Lipinski definition) is 2. The van der Waals surface area contributed by atoms with E-state index >= 15 is 0 Å². The van der Waals surface area contributed by atoms with Gasteiger partial charge in [-0.25, -0.2) is 4.79 Å². The minimum atomic E-state index is -1.27. The third-order valence-electron chi connectivity index (χ3n) is 2.54. The van der Waals surface area contributed by atoms with Gasteiger partial charge in [0.25, 0.3) is 5.91 Å². The maximum atomic E-state index is 12.1. The lowest BCUT2D eigenvalue weighted by Gasteiger charge is -2.13. The SMILES string of the molecule is Cn1cc(C(NC(=O)c2cc(Cl)nnc2Cl)C(=O)O)cn1. The molecule has 0 radical (unpaired) electrons. The summed E-state index contributed by atoms with van der Waals surface area (Å²) in [6.07, 6.45) is 2.83. The van der Waals surface area contributed by atoms with Crippen LogP contribution in [0.1, 0.15) is 22.0 Å². The van der Waals surface area contributed by atoms with Crippen LogP contribution in [0.15, 0.2) is 18.5 Å². The van der Waals surface area contributed by atoms with Gasteiger partial charge in [-0.1, -0.05) is 23.2 Å². The quantitative estimate of drug-likeness (QED) is 0.868. The summed E-state index contributed by atoms with van der Waals surface area (Å²) < 4.78 is 1.43. The first-order valence-corrected chi connectivity index (χ1v) is 6.35. The number of carboxylic acid groups (broad SMARTS) is 1. The van der Waals surface area contributed by atoms with Crippen LogP contribution in [0.5, 0.6) is 0 Å². The molecule has 0 saturated heterocycles. The number of hydrogen-bond acceptors (Lipinski definition) is 5. The van der Waals surface area contributed by atoms with E-state index in [-0.39, 0.29) is 15.9 Å².